The molecule has 2 heterocycles. The third-order valence-corrected chi connectivity index (χ3v) is 7.91. The van der Waals surface area contributed by atoms with Crippen LogP contribution in [0.4, 0.5) is 5.69 Å². The summed E-state index contributed by atoms with van der Waals surface area (Å²) in [5, 5.41) is 11.3. The van der Waals surface area contributed by atoms with Crippen molar-refractivity contribution < 1.29 is 17.9 Å². The third kappa shape index (κ3) is 5.36. The van der Waals surface area contributed by atoms with Crippen molar-refractivity contribution in [1.82, 2.24) is 19.2 Å². The van der Waals surface area contributed by atoms with Gasteiger partial charge in [-0.2, -0.15) is 4.31 Å². The van der Waals surface area contributed by atoms with Crippen molar-refractivity contribution in [2.75, 3.05) is 43.2 Å². The van der Waals surface area contributed by atoms with Crippen molar-refractivity contribution >= 4 is 33.4 Å². The van der Waals surface area contributed by atoms with Crippen LogP contribution in [0.25, 0.3) is 11.4 Å². The Hall–Kier alpha value is -2.93. The van der Waals surface area contributed by atoms with Crippen LogP contribution < -0.4 is 11.2 Å². The van der Waals surface area contributed by atoms with Crippen LogP contribution in [0.1, 0.15) is 5.56 Å². The molecule has 1 saturated heterocycles. The number of carbonyl (C=O) groups is 1. The summed E-state index contributed by atoms with van der Waals surface area (Å²) in [6.07, 6.45) is 0. The molecule has 4 rings (SSSR count). The van der Waals surface area contributed by atoms with Gasteiger partial charge < -0.3 is 15.9 Å². The van der Waals surface area contributed by atoms with E-state index in [4.69, 9.17) is 10.6 Å². The first-order chi connectivity index (χ1) is 15.8. The van der Waals surface area contributed by atoms with Gasteiger partial charge in [0.1, 0.15) is 0 Å². The van der Waals surface area contributed by atoms with Gasteiger partial charge in [0.25, 0.3) is 0 Å². The van der Waals surface area contributed by atoms with Crippen molar-refractivity contribution in [1.29, 1.82) is 0 Å². The molecular weight excluding hydrogens is 464 g/mol. The zero-order chi connectivity index (χ0) is 23.4. The number of nitrogen functional groups attached to an aromatic ring is 1. The molecule has 0 saturated carbocycles. The Balaban J connectivity index is 1.34. The molecule has 1 fully saturated rings. The van der Waals surface area contributed by atoms with E-state index in [2.05, 4.69) is 15.5 Å². The smallest absolute Gasteiger partial charge is 0.243 e. The van der Waals surface area contributed by atoms with Crippen LogP contribution in [0, 0.1) is 6.92 Å². The van der Waals surface area contributed by atoms with Crippen LogP contribution in [0.2, 0.25) is 0 Å². The number of amides is 1. The summed E-state index contributed by atoms with van der Waals surface area (Å²) in [7, 11) is -3.58. The highest BCUT2D eigenvalue weighted by atomic mass is 32.2. The van der Waals surface area contributed by atoms with Gasteiger partial charge in [-0.05, 0) is 31.2 Å². The fraction of sp³-hybridized carbons (Fsp3) is 0.286. The van der Waals surface area contributed by atoms with E-state index in [-0.39, 0.29) is 16.6 Å². The van der Waals surface area contributed by atoms with Crippen molar-refractivity contribution in [2.45, 2.75) is 17.0 Å². The number of thioether (sulfide) groups is 1. The number of aromatic nitrogens is 3. The van der Waals surface area contributed by atoms with Gasteiger partial charge in [0.05, 0.1) is 23.9 Å². The molecule has 1 aromatic heterocycles. The van der Waals surface area contributed by atoms with E-state index in [0.29, 0.717) is 43.0 Å². The molecule has 174 valence electrons. The van der Waals surface area contributed by atoms with Gasteiger partial charge in [-0.15, -0.1) is 10.2 Å². The van der Waals surface area contributed by atoms with Crippen LogP contribution in [0.5, 0.6) is 0 Å². The molecule has 0 atom stereocenters. The Kier molecular flexibility index (Phi) is 6.98. The molecular formula is C21H24N6O4S2. The Morgan fingerprint density at radius 1 is 1.09 bits per heavy atom. The van der Waals surface area contributed by atoms with Gasteiger partial charge in [0, 0.05) is 24.3 Å². The highest BCUT2D eigenvalue weighted by Gasteiger charge is 2.26. The lowest BCUT2D eigenvalue weighted by atomic mass is 10.1. The number of hydrogen-bond donors (Lipinski definition) is 2. The Bertz CT molecular complexity index is 1220. The summed E-state index contributed by atoms with van der Waals surface area (Å²) in [4.78, 5) is 12.5. The molecule has 10 nitrogen and oxygen atoms in total. The first-order valence-corrected chi connectivity index (χ1v) is 12.7. The van der Waals surface area contributed by atoms with Crippen LogP contribution in [-0.2, 0) is 19.6 Å². The molecule has 12 heteroatoms. The zero-order valence-corrected chi connectivity index (χ0v) is 19.6. The second kappa shape index (κ2) is 9.91. The number of nitrogens with one attached hydrogen (secondary N) is 1. The average Bonchev–Trinajstić information content (AvgIpc) is 3.19. The SMILES string of the molecule is Cc1ccc(-c2nnc(SCC(=O)Nc3ccc(S(=O)(=O)N4CCOCC4)cc3)n2N)cc1. The molecule has 1 aliphatic heterocycles. The summed E-state index contributed by atoms with van der Waals surface area (Å²) in [5.41, 5.74) is 2.45. The van der Waals surface area contributed by atoms with E-state index in [9.17, 15) is 13.2 Å². The standard InChI is InChI=1S/C21H24N6O4S2/c1-15-2-4-16(5-3-15)20-24-25-21(27(20)22)32-14-19(28)23-17-6-8-18(9-7-17)33(29,30)26-10-12-31-13-11-26/h2-9H,10-14,22H2,1H3,(H,23,28). The molecule has 2 aromatic carbocycles. The summed E-state index contributed by atoms with van der Waals surface area (Å²) in [6, 6.07) is 13.8. The Labute approximate surface area is 196 Å². The van der Waals surface area contributed by atoms with Gasteiger partial charge >= 0.3 is 0 Å². The third-order valence-electron chi connectivity index (χ3n) is 5.05. The number of hydrogen-bond acceptors (Lipinski definition) is 8. The molecule has 3 N–H and O–H groups in total. The zero-order valence-electron chi connectivity index (χ0n) is 18.0. The van der Waals surface area contributed by atoms with Gasteiger partial charge in [0.2, 0.25) is 21.1 Å². The van der Waals surface area contributed by atoms with Gasteiger partial charge in [-0.25, -0.2) is 13.1 Å². The quantitative estimate of drug-likeness (QED) is 0.379. The van der Waals surface area contributed by atoms with E-state index in [0.717, 1.165) is 22.9 Å². The average molecular weight is 489 g/mol. The summed E-state index contributed by atoms with van der Waals surface area (Å²) < 4.78 is 33.3. The molecule has 0 bridgehead atoms. The first-order valence-electron chi connectivity index (χ1n) is 10.2. The normalized spacial score (nSPS) is 14.8. The van der Waals surface area contributed by atoms with Crippen molar-refractivity contribution in [2.24, 2.45) is 0 Å². The van der Waals surface area contributed by atoms with E-state index < -0.39 is 10.0 Å². The maximum atomic E-state index is 12.7. The van der Waals surface area contributed by atoms with Crippen LogP contribution in [0.3, 0.4) is 0 Å². The predicted octanol–water partition coefficient (Wildman–Crippen LogP) is 1.72. The maximum Gasteiger partial charge on any atom is 0.243 e. The number of anilines is 1. The van der Waals surface area contributed by atoms with Crippen LogP contribution in [0.15, 0.2) is 58.6 Å². The lowest BCUT2D eigenvalue weighted by Crippen LogP contribution is -2.40. The minimum atomic E-state index is -3.58. The topological polar surface area (TPSA) is 132 Å². The minimum Gasteiger partial charge on any atom is -0.379 e. The van der Waals surface area contributed by atoms with Crippen molar-refractivity contribution in [3.63, 3.8) is 0 Å². The molecule has 0 spiro atoms. The number of nitrogens with two attached hydrogens (primary N) is 1. The van der Waals surface area contributed by atoms with E-state index >= 15 is 0 Å². The van der Waals surface area contributed by atoms with Crippen LogP contribution >= 0.6 is 11.8 Å². The summed E-state index contributed by atoms with van der Waals surface area (Å²) in [5.74, 6) is 6.40. The summed E-state index contributed by atoms with van der Waals surface area (Å²) >= 11 is 1.16. The summed E-state index contributed by atoms with van der Waals surface area (Å²) in [6.45, 7) is 3.42. The number of ether oxygens (including phenoxy) is 1. The maximum absolute atomic E-state index is 12.7. The van der Waals surface area contributed by atoms with E-state index in [1.807, 2.05) is 31.2 Å². The number of aryl methyl sites for hydroxylation is 1. The molecule has 1 amide bonds. The van der Waals surface area contributed by atoms with Crippen LogP contribution in [-0.4, -0.2) is 65.6 Å². The fourth-order valence-corrected chi connectivity index (χ4v) is 5.31. The lowest BCUT2D eigenvalue weighted by Gasteiger charge is -2.26. The first kappa shape index (κ1) is 23.2. The monoisotopic (exact) mass is 488 g/mol. The molecule has 3 aromatic rings. The molecule has 33 heavy (non-hydrogen) atoms. The van der Waals surface area contributed by atoms with E-state index in [1.54, 1.807) is 12.1 Å². The number of morpholine rings is 1. The largest absolute Gasteiger partial charge is 0.379 e. The van der Waals surface area contributed by atoms with Crippen molar-refractivity contribution in [3.8, 4) is 11.4 Å². The van der Waals surface area contributed by atoms with Gasteiger partial charge in [-0.3, -0.25) is 4.79 Å². The Morgan fingerprint density at radius 3 is 2.42 bits per heavy atom. The Morgan fingerprint density at radius 2 is 1.76 bits per heavy atom. The number of sulfonamides is 1. The number of rotatable bonds is 7. The molecule has 1 aliphatic rings. The fourth-order valence-electron chi connectivity index (χ4n) is 3.25. The minimum absolute atomic E-state index is 0.0665. The molecule has 0 unspecified atom stereocenters. The number of nitrogens with zero attached hydrogens (tertiary/aromatic N) is 4. The second-order valence-corrected chi connectivity index (χ2v) is 10.3. The second-order valence-electron chi connectivity index (χ2n) is 7.42. The number of benzene rings is 2. The molecule has 0 aliphatic carbocycles. The highest BCUT2D eigenvalue weighted by molar-refractivity contribution is 7.99. The number of carbonyl (C=O) groups excluding carboxylic acids is 1. The highest BCUT2D eigenvalue weighted by Crippen LogP contribution is 2.23. The molecule has 0 radical (unpaired) electrons. The lowest BCUT2D eigenvalue weighted by molar-refractivity contribution is -0.113. The van der Waals surface area contributed by atoms with Crippen molar-refractivity contribution in [3.05, 3.63) is 54.1 Å². The van der Waals surface area contributed by atoms with E-state index in [1.165, 1.54) is 21.1 Å². The van der Waals surface area contributed by atoms with Gasteiger partial charge in [-0.1, -0.05) is 41.6 Å². The predicted molar refractivity (Wildman–Crippen MR) is 126 cm³/mol. The van der Waals surface area contributed by atoms with Gasteiger partial charge in [0.15, 0.2) is 5.82 Å².